The highest BCUT2D eigenvalue weighted by atomic mass is 15.2. The minimum atomic E-state index is -0.0226. The molecule has 0 saturated carbocycles. The Balaban J connectivity index is 2.60. The molecule has 1 heteroatoms. The molecule has 0 atom stereocenters. The van der Waals surface area contributed by atoms with Gasteiger partial charge < -0.3 is 0 Å². The van der Waals surface area contributed by atoms with E-state index in [2.05, 4.69) is 30.6 Å². The van der Waals surface area contributed by atoms with Crippen LogP contribution in [-0.4, -0.2) is 23.5 Å². The van der Waals surface area contributed by atoms with Gasteiger partial charge in [-0.2, -0.15) is 0 Å². The Labute approximate surface area is 69.8 Å². The number of likely N-dealkylation sites (tertiary alicyclic amines) is 1. The van der Waals surface area contributed by atoms with E-state index in [1.165, 1.54) is 25.9 Å². The third-order valence-electron chi connectivity index (χ3n) is 2.27. The molecular formula is C10H15N. The molecule has 0 aromatic carbocycles. The lowest BCUT2D eigenvalue weighted by molar-refractivity contribution is 0.214. The van der Waals surface area contributed by atoms with Crippen LogP contribution < -0.4 is 0 Å². The van der Waals surface area contributed by atoms with Crippen molar-refractivity contribution < 1.29 is 0 Å². The van der Waals surface area contributed by atoms with Crippen LogP contribution in [0.3, 0.4) is 0 Å². The molecule has 1 nitrogen and oxygen atoms in total. The topological polar surface area (TPSA) is 3.24 Å². The maximum absolute atomic E-state index is 5.19. The number of rotatable bonds is 1. The molecule has 1 aliphatic rings. The van der Waals surface area contributed by atoms with Crippen molar-refractivity contribution in [2.24, 2.45) is 0 Å². The average Bonchev–Trinajstić information content (AvgIpc) is 2.37. The molecular weight excluding hydrogens is 134 g/mol. The quantitative estimate of drug-likeness (QED) is 0.512. The van der Waals surface area contributed by atoms with Gasteiger partial charge in [0.05, 0.1) is 12.5 Å². The molecule has 0 amide bonds. The first-order valence-electron chi connectivity index (χ1n) is 4.14. The van der Waals surface area contributed by atoms with Gasteiger partial charge in [0.25, 0.3) is 0 Å². The Bertz CT molecular complexity index is 177. The van der Waals surface area contributed by atoms with E-state index < -0.39 is 0 Å². The molecule has 2 radical (unpaired) electrons. The Hall–Kier alpha value is -0.480. The maximum atomic E-state index is 5.19. The Kier molecular flexibility index (Phi) is 2.57. The van der Waals surface area contributed by atoms with Crippen molar-refractivity contribution in [1.82, 2.24) is 4.90 Å². The lowest BCUT2D eigenvalue weighted by Gasteiger charge is -2.30. The molecule has 0 bridgehead atoms. The van der Waals surface area contributed by atoms with Crippen molar-refractivity contribution in [2.45, 2.75) is 32.2 Å². The van der Waals surface area contributed by atoms with E-state index in [9.17, 15) is 0 Å². The molecule has 0 N–H and O–H groups in total. The molecule has 0 unspecified atom stereocenters. The summed E-state index contributed by atoms with van der Waals surface area (Å²) in [6.45, 7) is 11.8. The van der Waals surface area contributed by atoms with Crippen molar-refractivity contribution in [3.63, 3.8) is 0 Å². The van der Waals surface area contributed by atoms with Crippen LogP contribution in [-0.2, 0) is 0 Å². The monoisotopic (exact) mass is 149 g/mol. The second-order valence-corrected chi connectivity index (χ2v) is 3.52. The minimum absolute atomic E-state index is 0.0226. The molecule has 0 spiro atoms. The van der Waals surface area contributed by atoms with E-state index in [0.717, 1.165) is 0 Å². The number of nitrogens with zero attached hydrogens (tertiary/aromatic N) is 1. The van der Waals surface area contributed by atoms with Gasteiger partial charge in [-0.1, -0.05) is 11.8 Å². The zero-order valence-corrected chi connectivity index (χ0v) is 7.35. The zero-order chi connectivity index (χ0) is 8.32. The molecule has 0 aliphatic carbocycles. The van der Waals surface area contributed by atoms with Gasteiger partial charge in [-0.3, -0.25) is 4.90 Å². The summed E-state index contributed by atoms with van der Waals surface area (Å²) in [6.07, 6.45) is 2.60. The third-order valence-corrected chi connectivity index (χ3v) is 2.27. The van der Waals surface area contributed by atoms with Crippen molar-refractivity contribution >= 4 is 0 Å². The summed E-state index contributed by atoms with van der Waals surface area (Å²) in [5.74, 6) is 5.51. The van der Waals surface area contributed by atoms with Gasteiger partial charge in [0.1, 0.15) is 0 Å². The summed E-state index contributed by atoms with van der Waals surface area (Å²) in [6, 6.07) is 0. The van der Waals surface area contributed by atoms with Crippen molar-refractivity contribution in [3.05, 3.63) is 6.92 Å². The highest BCUT2D eigenvalue weighted by Gasteiger charge is 2.26. The maximum Gasteiger partial charge on any atom is 0.0768 e. The smallest absolute Gasteiger partial charge is 0.0768 e. The highest BCUT2D eigenvalue weighted by Crippen LogP contribution is 2.19. The highest BCUT2D eigenvalue weighted by molar-refractivity contribution is 5.16. The second-order valence-electron chi connectivity index (χ2n) is 3.52. The molecule has 1 heterocycles. The first-order valence-corrected chi connectivity index (χ1v) is 4.14. The van der Waals surface area contributed by atoms with Crippen LogP contribution in [0.4, 0.5) is 0 Å². The second kappa shape index (κ2) is 3.28. The van der Waals surface area contributed by atoms with Gasteiger partial charge in [0.2, 0.25) is 0 Å². The fraction of sp³-hybridized carbons (Fsp3) is 0.700. The van der Waals surface area contributed by atoms with Gasteiger partial charge in [-0.15, -0.1) is 0 Å². The first-order chi connectivity index (χ1) is 5.17. The normalized spacial score (nSPS) is 19.5. The van der Waals surface area contributed by atoms with Crippen molar-refractivity contribution in [3.8, 4) is 11.8 Å². The molecule has 0 aromatic rings. The van der Waals surface area contributed by atoms with E-state index in [4.69, 9.17) is 6.92 Å². The van der Waals surface area contributed by atoms with Gasteiger partial charge in [-0.25, -0.2) is 0 Å². The Morgan fingerprint density at radius 1 is 1.27 bits per heavy atom. The molecule has 60 valence electrons. The van der Waals surface area contributed by atoms with Crippen LogP contribution in [0, 0.1) is 18.8 Å². The summed E-state index contributed by atoms with van der Waals surface area (Å²) in [5, 5.41) is 0. The molecule has 1 aliphatic heterocycles. The van der Waals surface area contributed by atoms with E-state index in [-0.39, 0.29) is 5.54 Å². The number of hydrogen-bond donors (Lipinski definition) is 0. The van der Waals surface area contributed by atoms with Crippen molar-refractivity contribution in [2.75, 3.05) is 13.1 Å². The zero-order valence-electron chi connectivity index (χ0n) is 7.35. The average molecular weight is 149 g/mol. The summed E-state index contributed by atoms with van der Waals surface area (Å²) in [5.41, 5.74) is -0.0226. The van der Waals surface area contributed by atoms with Crippen molar-refractivity contribution in [1.29, 1.82) is 0 Å². The fourth-order valence-corrected chi connectivity index (χ4v) is 1.53. The number of hydrogen-bond acceptors (Lipinski definition) is 1. The summed E-state index contributed by atoms with van der Waals surface area (Å²) < 4.78 is 0. The van der Waals surface area contributed by atoms with Crippen LogP contribution in [0.5, 0.6) is 0 Å². The van der Waals surface area contributed by atoms with E-state index in [0.29, 0.717) is 0 Å². The molecule has 1 rings (SSSR count). The van der Waals surface area contributed by atoms with E-state index in [1.807, 2.05) is 0 Å². The largest absolute Gasteiger partial charge is 0.288 e. The van der Waals surface area contributed by atoms with Crippen LogP contribution in [0.15, 0.2) is 0 Å². The lowest BCUT2D eigenvalue weighted by atomic mass is 10.0. The minimum Gasteiger partial charge on any atom is -0.288 e. The summed E-state index contributed by atoms with van der Waals surface area (Å²) in [7, 11) is 0. The van der Waals surface area contributed by atoms with Crippen LogP contribution in [0.25, 0.3) is 0 Å². The SMILES string of the molecule is [CH]C#CC(C)(C)N1CCCC1. The fourth-order valence-electron chi connectivity index (χ4n) is 1.53. The van der Waals surface area contributed by atoms with Crippen LogP contribution in [0.1, 0.15) is 26.7 Å². The first kappa shape index (κ1) is 8.62. The lowest BCUT2D eigenvalue weighted by Crippen LogP contribution is -2.40. The molecule has 0 aromatic heterocycles. The Morgan fingerprint density at radius 3 is 2.27 bits per heavy atom. The van der Waals surface area contributed by atoms with E-state index in [1.54, 1.807) is 0 Å². The molecule has 1 fully saturated rings. The molecule has 11 heavy (non-hydrogen) atoms. The van der Waals surface area contributed by atoms with Gasteiger partial charge in [0, 0.05) is 0 Å². The van der Waals surface area contributed by atoms with Gasteiger partial charge in [0.15, 0.2) is 0 Å². The van der Waals surface area contributed by atoms with E-state index >= 15 is 0 Å². The summed E-state index contributed by atoms with van der Waals surface area (Å²) >= 11 is 0. The van der Waals surface area contributed by atoms with Gasteiger partial charge in [-0.05, 0) is 39.8 Å². The summed E-state index contributed by atoms with van der Waals surface area (Å²) in [4.78, 5) is 2.38. The Morgan fingerprint density at radius 2 is 1.82 bits per heavy atom. The molecule has 1 saturated heterocycles. The predicted molar refractivity (Wildman–Crippen MR) is 47.0 cm³/mol. The van der Waals surface area contributed by atoms with Gasteiger partial charge >= 0.3 is 0 Å². The third kappa shape index (κ3) is 1.97. The van der Waals surface area contributed by atoms with Crippen LogP contribution >= 0.6 is 0 Å². The van der Waals surface area contributed by atoms with Crippen LogP contribution in [0.2, 0.25) is 0 Å². The predicted octanol–water partition coefficient (Wildman–Crippen LogP) is 1.58. The standard InChI is InChI=1S/C10H15N/c1-4-7-10(2,3)11-8-5-6-9-11/h1H,5-6,8-9H2,2-3H3.